The van der Waals surface area contributed by atoms with Crippen molar-refractivity contribution in [2.24, 2.45) is 0 Å². The van der Waals surface area contributed by atoms with Crippen molar-refractivity contribution < 1.29 is 4.42 Å². The van der Waals surface area contributed by atoms with Gasteiger partial charge in [0.15, 0.2) is 0 Å². The van der Waals surface area contributed by atoms with Gasteiger partial charge in [-0.05, 0) is 49.4 Å². The third kappa shape index (κ3) is 2.65. The Morgan fingerprint density at radius 2 is 1.77 bits per heavy atom. The first-order valence-electron chi connectivity index (χ1n) is 8.47. The second-order valence-corrected chi connectivity index (χ2v) is 7.36. The van der Waals surface area contributed by atoms with Gasteiger partial charge in [-0.1, -0.05) is 24.3 Å². The molecule has 0 bridgehead atoms. The zero-order valence-electron chi connectivity index (χ0n) is 14.2. The average Bonchev–Trinajstić information content (AvgIpc) is 3.25. The lowest BCUT2D eigenvalue weighted by Gasteiger charge is -2.07. The summed E-state index contributed by atoms with van der Waals surface area (Å²) in [5, 5.41) is 6.02. The quantitative estimate of drug-likeness (QED) is 0.388. The van der Waals surface area contributed by atoms with E-state index in [-0.39, 0.29) is 0 Å². The molecule has 5 aromatic rings. The van der Waals surface area contributed by atoms with Gasteiger partial charge in [-0.3, -0.25) is 0 Å². The highest BCUT2D eigenvalue weighted by Gasteiger charge is 2.07. The Hall–Kier alpha value is -3.11. The predicted octanol–water partition coefficient (Wildman–Crippen LogP) is 6.76. The van der Waals surface area contributed by atoms with Gasteiger partial charge in [0.2, 0.25) is 0 Å². The SMILES string of the molecule is Cc1ccc(-c2ccnc(Nc3ccc4c(c3)sc3ccccc34)c2)o1. The van der Waals surface area contributed by atoms with Crippen LogP contribution < -0.4 is 5.32 Å². The van der Waals surface area contributed by atoms with E-state index in [0.29, 0.717) is 0 Å². The molecule has 0 saturated carbocycles. The number of aromatic nitrogens is 1. The molecule has 0 saturated heterocycles. The van der Waals surface area contributed by atoms with Gasteiger partial charge in [0, 0.05) is 37.6 Å². The fourth-order valence-electron chi connectivity index (χ4n) is 3.19. The zero-order chi connectivity index (χ0) is 17.5. The van der Waals surface area contributed by atoms with Crippen molar-refractivity contribution in [1.82, 2.24) is 4.98 Å². The van der Waals surface area contributed by atoms with Crippen LogP contribution in [0.2, 0.25) is 0 Å². The zero-order valence-corrected chi connectivity index (χ0v) is 15.0. The van der Waals surface area contributed by atoms with E-state index in [0.717, 1.165) is 28.6 Å². The summed E-state index contributed by atoms with van der Waals surface area (Å²) in [4.78, 5) is 4.44. The summed E-state index contributed by atoms with van der Waals surface area (Å²) in [7, 11) is 0. The second kappa shape index (κ2) is 6.00. The average molecular weight is 356 g/mol. The number of aryl methyl sites for hydroxylation is 1. The topological polar surface area (TPSA) is 38.1 Å². The molecule has 3 aromatic heterocycles. The normalized spacial score (nSPS) is 11.3. The third-order valence-corrected chi connectivity index (χ3v) is 5.57. The Bertz CT molecular complexity index is 1240. The number of hydrogen-bond donors (Lipinski definition) is 1. The molecule has 0 spiro atoms. The number of hydrogen-bond acceptors (Lipinski definition) is 4. The molecule has 0 fully saturated rings. The lowest BCUT2D eigenvalue weighted by Crippen LogP contribution is -1.93. The number of anilines is 2. The first-order chi connectivity index (χ1) is 12.8. The Labute approximate surface area is 154 Å². The lowest BCUT2D eigenvalue weighted by atomic mass is 10.1. The van der Waals surface area contributed by atoms with E-state index in [9.17, 15) is 0 Å². The first kappa shape index (κ1) is 15.2. The van der Waals surface area contributed by atoms with Crippen LogP contribution in [0.5, 0.6) is 0 Å². The molecule has 3 heterocycles. The Morgan fingerprint density at radius 1 is 0.885 bits per heavy atom. The van der Waals surface area contributed by atoms with Gasteiger partial charge in [-0.15, -0.1) is 11.3 Å². The molecular weight excluding hydrogens is 340 g/mol. The van der Waals surface area contributed by atoms with E-state index in [1.807, 2.05) is 42.5 Å². The number of nitrogens with zero attached hydrogens (tertiary/aromatic N) is 1. The van der Waals surface area contributed by atoms with Crippen LogP contribution in [0, 0.1) is 6.92 Å². The van der Waals surface area contributed by atoms with E-state index in [2.05, 4.69) is 52.8 Å². The highest BCUT2D eigenvalue weighted by molar-refractivity contribution is 7.25. The molecule has 5 rings (SSSR count). The van der Waals surface area contributed by atoms with Gasteiger partial charge in [-0.2, -0.15) is 0 Å². The molecule has 0 aliphatic carbocycles. The number of pyridine rings is 1. The van der Waals surface area contributed by atoms with Crippen molar-refractivity contribution in [1.29, 1.82) is 0 Å². The Balaban J connectivity index is 1.50. The Kier molecular flexibility index (Phi) is 3.50. The molecule has 2 aromatic carbocycles. The van der Waals surface area contributed by atoms with E-state index >= 15 is 0 Å². The highest BCUT2D eigenvalue weighted by atomic mass is 32.1. The van der Waals surface area contributed by atoms with Gasteiger partial charge in [0.05, 0.1) is 0 Å². The van der Waals surface area contributed by atoms with Crippen molar-refractivity contribution in [2.75, 3.05) is 5.32 Å². The maximum atomic E-state index is 5.71. The third-order valence-electron chi connectivity index (χ3n) is 4.44. The van der Waals surface area contributed by atoms with Crippen LogP contribution >= 0.6 is 11.3 Å². The number of fused-ring (bicyclic) bond motifs is 3. The summed E-state index contributed by atoms with van der Waals surface area (Å²) in [6.45, 7) is 1.95. The van der Waals surface area contributed by atoms with Crippen molar-refractivity contribution in [2.45, 2.75) is 6.92 Å². The van der Waals surface area contributed by atoms with Crippen LogP contribution in [0.3, 0.4) is 0 Å². The second-order valence-electron chi connectivity index (χ2n) is 6.27. The molecule has 0 unspecified atom stereocenters. The molecule has 0 aliphatic heterocycles. The summed E-state index contributed by atoms with van der Waals surface area (Å²) in [6.07, 6.45) is 1.80. The standard InChI is InChI=1S/C22H16N2OS/c1-14-6-9-19(25-14)15-10-11-23-22(12-15)24-16-7-8-18-17-4-2-3-5-20(17)26-21(18)13-16/h2-13H,1H3,(H,23,24). The number of rotatable bonds is 3. The van der Waals surface area contributed by atoms with Crippen molar-refractivity contribution >= 4 is 43.0 Å². The molecule has 1 N–H and O–H groups in total. The number of nitrogens with one attached hydrogen (secondary N) is 1. The molecule has 26 heavy (non-hydrogen) atoms. The molecule has 0 atom stereocenters. The summed E-state index contributed by atoms with van der Waals surface area (Å²) in [5.74, 6) is 2.56. The Morgan fingerprint density at radius 3 is 2.65 bits per heavy atom. The van der Waals surface area contributed by atoms with Gasteiger partial charge < -0.3 is 9.73 Å². The van der Waals surface area contributed by atoms with Crippen molar-refractivity contribution in [3.63, 3.8) is 0 Å². The minimum atomic E-state index is 0.803. The molecule has 0 amide bonds. The number of benzene rings is 2. The van der Waals surface area contributed by atoms with E-state index in [1.54, 1.807) is 6.20 Å². The molecular formula is C22H16N2OS. The summed E-state index contributed by atoms with van der Waals surface area (Å²) >= 11 is 1.81. The van der Waals surface area contributed by atoms with E-state index in [1.165, 1.54) is 20.2 Å². The molecule has 126 valence electrons. The summed E-state index contributed by atoms with van der Waals surface area (Å²) < 4.78 is 8.30. The molecule has 0 radical (unpaired) electrons. The van der Waals surface area contributed by atoms with Crippen molar-refractivity contribution in [3.8, 4) is 11.3 Å². The fourth-order valence-corrected chi connectivity index (χ4v) is 4.34. The smallest absolute Gasteiger partial charge is 0.134 e. The van der Waals surface area contributed by atoms with Gasteiger partial charge in [0.1, 0.15) is 17.3 Å². The van der Waals surface area contributed by atoms with E-state index < -0.39 is 0 Å². The number of thiophene rings is 1. The fraction of sp³-hybridized carbons (Fsp3) is 0.0455. The molecule has 0 aliphatic rings. The van der Waals surface area contributed by atoms with Gasteiger partial charge in [0.25, 0.3) is 0 Å². The van der Waals surface area contributed by atoms with Crippen LogP contribution in [0.15, 0.2) is 77.3 Å². The van der Waals surface area contributed by atoms with Crippen LogP contribution in [-0.4, -0.2) is 4.98 Å². The maximum Gasteiger partial charge on any atom is 0.134 e. The van der Waals surface area contributed by atoms with Crippen LogP contribution in [-0.2, 0) is 0 Å². The lowest BCUT2D eigenvalue weighted by molar-refractivity contribution is 0.548. The first-order valence-corrected chi connectivity index (χ1v) is 9.29. The number of furan rings is 1. The highest BCUT2D eigenvalue weighted by Crippen LogP contribution is 2.35. The molecule has 4 heteroatoms. The van der Waals surface area contributed by atoms with Crippen LogP contribution in [0.4, 0.5) is 11.5 Å². The summed E-state index contributed by atoms with van der Waals surface area (Å²) in [6, 6.07) is 22.9. The largest absolute Gasteiger partial charge is 0.461 e. The van der Waals surface area contributed by atoms with Crippen molar-refractivity contribution in [3.05, 3.63) is 78.7 Å². The van der Waals surface area contributed by atoms with Gasteiger partial charge >= 0.3 is 0 Å². The van der Waals surface area contributed by atoms with Gasteiger partial charge in [-0.25, -0.2) is 4.98 Å². The maximum absolute atomic E-state index is 5.71. The minimum Gasteiger partial charge on any atom is -0.461 e. The van der Waals surface area contributed by atoms with Crippen LogP contribution in [0.1, 0.15) is 5.76 Å². The predicted molar refractivity (Wildman–Crippen MR) is 109 cm³/mol. The van der Waals surface area contributed by atoms with E-state index in [4.69, 9.17) is 4.42 Å². The monoisotopic (exact) mass is 356 g/mol. The molecule has 3 nitrogen and oxygen atoms in total. The minimum absolute atomic E-state index is 0.803. The summed E-state index contributed by atoms with van der Waals surface area (Å²) in [5.41, 5.74) is 2.04. The van der Waals surface area contributed by atoms with Crippen LogP contribution in [0.25, 0.3) is 31.5 Å².